The van der Waals surface area contributed by atoms with Gasteiger partial charge in [0.05, 0.1) is 22.6 Å². The van der Waals surface area contributed by atoms with Crippen LogP contribution in [0.3, 0.4) is 0 Å². The van der Waals surface area contributed by atoms with Gasteiger partial charge in [-0.05, 0) is 35.6 Å². The molecule has 6 nitrogen and oxygen atoms in total. The standard InChI is InChI=1S/C21H19ClF3N3O3/c1-19(2)9-20(31,21(23,24)25)17(11-6-7-13(22)16(29)15(11)19)27-14-5-3-4-10-12(14)8-26-28-18(10)30/h3-8,17,27,29,31H,9H2,1-2H3,(H,28,30). The maximum absolute atomic E-state index is 14.2. The number of rotatable bonds is 2. The zero-order valence-corrected chi connectivity index (χ0v) is 17.3. The van der Waals surface area contributed by atoms with Gasteiger partial charge in [-0.3, -0.25) is 4.79 Å². The summed E-state index contributed by atoms with van der Waals surface area (Å²) in [6, 6.07) is 5.50. The summed E-state index contributed by atoms with van der Waals surface area (Å²) in [5.41, 5.74) is -4.42. The first-order valence-corrected chi connectivity index (χ1v) is 9.78. The molecule has 2 atom stereocenters. The number of H-pyrrole nitrogens is 1. The van der Waals surface area contributed by atoms with E-state index in [1.807, 2.05) is 0 Å². The number of halogens is 4. The van der Waals surface area contributed by atoms with Crippen LogP contribution in [0.4, 0.5) is 18.9 Å². The Morgan fingerprint density at radius 3 is 2.61 bits per heavy atom. The van der Waals surface area contributed by atoms with Crippen molar-refractivity contribution in [2.45, 2.75) is 43.5 Å². The summed E-state index contributed by atoms with van der Waals surface area (Å²) in [6.45, 7) is 3.02. The van der Waals surface area contributed by atoms with E-state index in [0.717, 1.165) is 0 Å². The van der Waals surface area contributed by atoms with Gasteiger partial charge >= 0.3 is 6.18 Å². The van der Waals surface area contributed by atoms with Crippen molar-refractivity contribution < 1.29 is 23.4 Å². The Balaban J connectivity index is 1.98. The van der Waals surface area contributed by atoms with E-state index in [2.05, 4.69) is 15.5 Å². The van der Waals surface area contributed by atoms with Gasteiger partial charge in [0.15, 0.2) is 5.60 Å². The van der Waals surface area contributed by atoms with Gasteiger partial charge in [0.1, 0.15) is 5.75 Å². The number of hydrogen-bond donors (Lipinski definition) is 4. The number of fused-ring (bicyclic) bond motifs is 2. The number of phenolic OH excluding ortho intramolecular Hbond substituents is 1. The number of phenols is 1. The molecular formula is C21H19ClF3N3O3. The van der Waals surface area contributed by atoms with Crippen LogP contribution >= 0.6 is 11.6 Å². The summed E-state index contributed by atoms with van der Waals surface area (Å²) in [5.74, 6) is -0.323. The van der Waals surface area contributed by atoms with Crippen LogP contribution in [0.25, 0.3) is 10.8 Å². The van der Waals surface area contributed by atoms with Crippen molar-refractivity contribution in [1.82, 2.24) is 10.2 Å². The number of nitrogens with one attached hydrogen (secondary N) is 2. The second-order valence-corrected chi connectivity index (χ2v) is 8.79. The molecule has 164 valence electrons. The number of aromatic nitrogens is 2. The minimum absolute atomic E-state index is 0.00363. The molecule has 1 aromatic heterocycles. The molecule has 0 amide bonds. The zero-order valence-electron chi connectivity index (χ0n) is 16.5. The molecule has 10 heteroatoms. The smallest absolute Gasteiger partial charge is 0.419 e. The molecule has 2 aromatic carbocycles. The molecule has 0 bridgehead atoms. The van der Waals surface area contributed by atoms with Crippen molar-refractivity contribution in [2.75, 3.05) is 5.32 Å². The van der Waals surface area contributed by atoms with Gasteiger partial charge in [-0.2, -0.15) is 18.3 Å². The lowest BCUT2D eigenvalue weighted by atomic mass is 9.63. The van der Waals surface area contributed by atoms with Crippen molar-refractivity contribution in [1.29, 1.82) is 0 Å². The Morgan fingerprint density at radius 1 is 1.23 bits per heavy atom. The summed E-state index contributed by atoms with van der Waals surface area (Å²) in [5, 5.41) is 30.9. The zero-order chi connectivity index (χ0) is 22.8. The van der Waals surface area contributed by atoms with Crippen molar-refractivity contribution >= 4 is 28.1 Å². The molecule has 31 heavy (non-hydrogen) atoms. The third-order valence-electron chi connectivity index (χ3n) is 5.84. The first-order chi connectivity index (χ1) is 14.4. The molecule has 1 aliphatic rings. The number of hydrogen-bond acceptors (Lipinski definition) is 5. The predicted molar refractivity (Wildman–Crippen MR) is 110 cm³/mol. The molecule has 0 saturated heterocycles. The molecule has 4 N–H and O–H groups in total. The second-order valence-electron chi connectivity index (χ2n) is 8.39. The Kier molecular flexibility index (Phi) is 4.75. The average Bonchev–Trinajstić information content (AvgIpc) is 2.66. The number of aromatic amines is 1. The maximum atomic E-state index is 14.2. The lowest BCUT2D eigenvalue weighted by Crippen LogP contribution is -2.58. The van der Waals surface area contributed by atoms with Gasteiger partial charge in [0.2, 0.25) is 0 Å². The molecule has 3 aromatic rings. The second kappa shape index (κ2) is 6.86. The lowest BCUT2D eigenvalue weighted by molar-refractivity contribution is -0.275. The molecule has 1 heterocycles. The van der Waals surface area contributed by atoms with E-state index in [1.165, 1.54) is 50.4 Å². The SMILES string of the molecule is CC1(C)CC(O)(C(F)(F)F)C(Nc2cccc3c(=O)[nH]ncc23)c2ccc(Cl)c(O)c21. The Labute approximate surface area is 179 Å². The van der Waals surface area contributed by atoms with Crippen molar-refractivity contribution in [3.8, 4) is 5.75 Å². The van der Waals surface area contributed by atoms with E-state index in [0.29, 0.717) is 5.39 Å². The van der Waals surface area contributed by atoms with Gasteiger partial charge < -0.3 is 15.5 Å². The summed E-state index contributed by atoms with van der Waals surface area (Å²) >= 11 is 6.04. The Bertz CT molecular complexity index is 1240. The highest BCUT2D eigenvalue weighted by Gasteiger charge is 2.64. The van der Waals surface area contributed by atoms with E-state index in [4.69, 9.17) is 11.6 Å². The highest BCUT2D eigenvalue weighted by atomic mass is 35.5. The number of nitrogens with zero attached hydrogens (tertiary/aromatic N) is 1. The Morgan fingerprint density at radius 2 is 1.94 bits per heavy atom. The van der Waals surface area contributed by atoms with Crippen molar-refractivity contribution in [2.24, 2.45) is 0 Å². The van der Waals surface area contributed by atoms with Crippen molar-refractivity contribution in [3.05, 3.63) is 63.0 Å². The largest absolute Gasteiger partial charge is 0.506 e. The van der Waals surface area contributed by atoms with E-state index >= 15 is 0 Å². The molecule has 0 fully saturated rings. The van der Waals surface area contributed by atoms with E-state index in [9.17, 15) is 28.2 Å². The number of aromatic hydroxyl groups is 1. The fraction of sp³-hybridized carbons (Fsp3) is 0.333. The third kappa shape index (κ3) is 3.23. The predicted octanol–water partition coefficient (Wildman–Crippen LogP) is 4.41. The summed E-state index contributed by atoms with van der Waals surface area (Å²) in [6.07, 6.45) is -4.39. The summed E-state index contributed by atoms with van der Waals surface area (Å²) in [7, 11) is 0. The number of aliphatic hydroxyl groups is 1. The molecule has 4 rings (SSSR count). The van der Waals surface area contributed by atoms with Gasteiger partial charge in [-0.15, -0.1) is 0 Å². The highest BCUT2D eigenvalue weighted by Crippen LogP contribution is 2.57. The van der Waals surface area contributed by atoms with E-state index < -0.39 is 35.2 Å². The molecule has 0 saturated carbocycles. The number of benzene rings is 2. The van der Waals surface area contributed by atoms with Crippen LogP contribution in [-0.4, -0.2) is 32.2 Å². The highest BCUT2D eigenvalue weighted by molar-refractivity contribution is 6.32. The van der Waals surface area contributed by atoms with Crippen LogP contribution in [0.5, 0.6) is 5.75 Å². The fourth-order valence-corrected chi connectivity index (χ4v) is 4.67. The third-order valence-corrected chi connectivity index (χ3v) is 6.14. The van der Waals surface area contributed by atoms with Gasteiger partial charge in [-0.25, -0.2) is 5.10 Å². The molecule has 0 radical (unpaired) electrons. The van der Waals surface area contributed by atoms with Gasteiger partial charge in [0, 0.05) is 16.6 Å². The van der Waals surface area contributed by atoms with E-state index in [-0.39, 0.29) is 33.0 Å². The lowest BCUT2D eigenvalue weighted by Gasteiger charge is -2.49. The minimum atomic E-state index is -4.99. The molecular weight excluding hydrogens is 435 g/mol. The molecule has 2 unspecified atom stereocenters. The Hall–Kier alpha value is -2.78. The summed E-state index contributed by atoms with van der Waals surface area (Å²) in [4.78, 5) is 12.1. The maximum Gasteiger partial charge on any atom is 0.419 e. The molecule has 1 aliphatic carbocycles. The first kappa shape index (κ1) is 21.5. The van der Waals surface area contributed by atoms with Gasteiger partial charge in [-0.1, -0.05) is 37.6 Å². The molecule has 0 aliphatic heterocycles. The quantitative estimate of drug-likeness (QED) is 0.461. The van der Waals surface area contributed by atoms with Crippen LogP contribution in [-0.2, 0) is 5.41 Å². The number of anilines is 1. The topological polar surface area (TPSA) is 98.2 Å². The van der Waals surface area contributed by atoms with Gasteiger partial charge in [0.25, 0.3) is 5.56 Å². The molecule has 0 spiro atoms. The first-order valence-electron chi connectivity index (χ1n) is 9.41. The van der Waals surface area contributed by atoms with Crippen LogP contribution in [0.1, 0.15) is 37.4 Å². The van der Waals surface area contributed by atoms with E-state index in [1.54, 1.807) is 0 Å². The fourth-order valence-electron chi connectivity index (χ4n) is 4.52. The average molecular weight is 454 g/mol. The van der Waals surface area contributed by atoms with Crippen molar-refractivity contribution in [3.63, 3.8) is 0 Å². The monoisotopic (exact) mass is 453 g/mol. The van der Waals surface area contributed by atoms with Crippen LogP contribution in [0.15, 0.2) is 41.3 Å². The van der Waals surface area contributed by atoms with Crippen LogP contribution < -0.4 is 10.9 Å². The van der Waals surface area contributed by atoms with Crippen LogP contribution in [0, 0.1) is 0 Å². The normalized spacial score (nSPS) is 22.9. The number of alkyl halides is 3. The van der Waals surface area contributed by atoms with Crippen LogP contribution in [0.2, 0.25) is 5.02 Å². The summed E-state index contributed by atoms with van der Waals surface area (Å²) < 4.78 is 42.7. The minimum Gasteiger partial charge on any atom is -0.506 e.